The van der Waals surface area contributed by atoms with Crippen molar-refractivity contribution < 1.29 is 5.11 Å². The molecule has 21 heavy (non-hydrogen) atoms. The maximum absolute atomic E-state index is 10.1. The maximum Gasteiger partial charge on any atom is 0.101 e. The van der Waals surface area contributed by atoms with Gasteiger partial charge in [0.15, 0.2) is 0 Å². The molecule has 2 rings (SSSR count). The lowest BCUT2D eigenvalue weighted by Gasteiger charge is -2.45. The first-order valence-corrected chi connectivity index (χ1v) is 7.72. The van der Waals surface area contributed by atoms with E-state index in [4.69, 9.17) is 16.9 Å². The van der Waals surface area contributed by atoms with Gasteiger partial charge in [0.25, 0.3) is 0 Å². The Balaban J connectivity index is 2.05. The van der Waals surface area contributed by atoms with Crippen LogP contribution in [0.3, 0.4) is 0 Å². The van der Waals surface area contributed by atoms with Crippen LogP contribution < -0.4 is 5.32 Å². The molecule has 3 nitrogen and oxygen atoms in total. The molecule has 0 bridgehead atoms. The van der Waals surface area contributed by atoms with E-state index >= 15 is 0 Å². The third kappa shape index (κ3) is 4.12. The van der Waals surface area contributed by atoms with Crippen molar-refractivity contribution in [1.82, 2.24) is 0 Å². The summed E-state index contributed by atoms with van der Waals surface area (Å²) in [6.07, 6.45) is 2.53. The van der Waals surface area contributed by atoms with Crippen LogP contribution in [0.1, 0.15) is 45.6 Å². The van der Waals surface area contributed by atoms with E-state index in [-0.39, 0.29) is 16.9 Å². The molecule has 1 aliphatic carbocycles. The Hall–Kier alpha value is -1.24. The summed E-state index contributed by atoms with van der Waals surface area (Å²) in [5.41, 5.74) is 1.62. The molecule has 1 aromatic carbocycles. The van der Waals surface area contributed by atoms with E-state index in [0.717, 1.165) is 31.5 Å². The Labute approximate surface area is 131 Å². The number of hydrogen-bond donors (Lipinski definition) is 2. The quantitative estimate of drug-likeness (QED) is 0.880. The third-order valence-corrected chi connectivity index (χ3v) is 4.54. The van der Waals surface area contributed by atoms with E-state index in [0.29, 0.717) is 10.6 Å². The van der Waals surface area contributed by atoms with Gasteiger partial charge in [-0.3, -0.25) is 0 Å². The average Bonchev–Trinajstić information content (AvgIpc) is 2.33. The predicted molar refractivity (Wildman–Crippen MR) is 86.4 cm³/mol. The number of halogens is 1. The van der Waals surface area contributed by atoms with Crippen molar-refractivity contribution in [2.75, 3.05) is 11.9 Å². The highest BCUT2D eigenvalue weighted by Crippen LogP contribution is 2.46. The highest BCUT2D eigenvalue weighted by atomic mass is 35.5. The van der Waals surface area contributed by atoms with Crippen molar-refractivity contribution >= 4 is 17.3 Å². The van der Waals surface area contributed by atoms with Gasteiger partial charge in [0.2, 0.25) is 0 Å². The largest absolute Gasteiger partial charge is 0.393 e. The minimum atomic E-state index is -0.231. The molecule has 0 spiro atoms. The van der Waals surface area contributed by atoms with E-state index in [1.165, 1.54) is 0 Å². The number of hydrogen-bond acceptors (Lipinski definition) is 3. The summed E-state index contributed by atoms with van der Waals surface area (Å²) in [7, 11) is 0. The van der Waals surface area contributed by atoms with Gasteiger partial charge < -0.3 is 10.4 Å². The van der Waals surface area contributed by atoms with Crippen LogP contribution in [0.25, 0.3) is 0 Å². The molecule has 4 heteroatoms. The number of aliphatic hydroxyl groups is 1. The fourth-order valence-electron chi connectivity index (χ4n) is 3.74. The van der Waals surface area contributed by atoms with Gasteiger partial charge in [0.1, 0.15) is 6.07 Å². The summed E-state index contributed by atoms with van der Waals surface area (Å²) in [5.74, 6) is 0. The van der Waals surface area contributed by atoms with Gasteiger partial charge in [-0.25, -0.2) is 0 Å². The molecule has 0 aliphatic heterocycles. The van der Waals surface area contributed by atoms with Gasteiger partial charge in [0, 0.05) is 12.2 Å². The predicted octanol–water partition coefficient (Wildman–Crippen LogP) is 4.20. The van der Waals surface area contributed by atoms with Gasteiger partial charge in [-0.15, -0.1) is 0 Å². The smallest absolute Gasteiger partial charge is 0.101 e. The summed E-state index contributed by atoms with van der Waals surface area (Å²) in [5, 5.41) is 22.9. The zero-order valence-electron chi connectivity index (χ0n) is 12.9. The topological polar surface area (TPSA) is 56.0 Å². The Bertz CT molecular complexity index is 564. The standard InChI is InChI=1S/C17H23ClN2O/c1-16(2)7-14(21)8-17(3,10-16)11-20-13-5-4-12(9-19)15(18)6-13/h4-6,14,20-21H,7-8,10-11H2,1-3H3. The average molecular weight is 307 g/mol. The van der Waals surface area contributed by atoms with Crippen molar-refractivity contribution in [2.45, 2.75) is 46.1 Å². The fourth-order valence-corrected chi connectivity index (χ4v) is 3.97. The van der Waals surface area contributed by atoms with Crippen LogP contribution in [0.2, 0.25) is 5.02 Å². The molecule has 1 aromatic rings. The lowest BCUT2D eigenvalue weighted by molar-refractivity contribution is -0.00317. The number of rotatable bonds is 3. The Morgan fingerprint density at radius 2 is 2.10 bits per heavy atom. The molecule has 0 amide bonds. The van der Waals surface area contributed by atoms with Gasteiger partial charge in [-0.05, 0) is 48.3 Å². The summed E-state index contributed by atoms with van der Waals surface area (Å²) in [6, 6.07) is 7.45. The van der Waals surface area contributed by atoms with E-state index in [2.05, 4.69) is 32.2 Å². The number of aliphatic hydroxyl groups excluding tert-OH is 1. The molecular formula is C17H23ClN2O. The molecule has 1 fully saturated rings. The molecule has 114 valence electrons. The third-order valence-electron chi connectivity index (χ3n) is 4.23. The molecule has 1 saturated carbocycles. The second kappa shape index (κ2) is 5.87. The lowest BCUT2D eigenvalue weighted by atomic mass is 9.63. The van der Waals surface area contributed by atoms with Crippen LogP contribution >= 0.6 is 11.6 Å². The van der Waals surface area contributed by atoms with Gasteiger partial charge in [-0.2, -0.15) is 5.26 Å². The number of anilines is 1. The Kier molecular flexibility index (Phi) is 4.51. The number of benzene rings is 1. The lowest BCUT2D eigenvalue weighted by Crippen LogP contribution is -2.42. The van der Waals surface area contributed by atoms with E-state index < -0.39 is 0 Å². The highest BCUT2D eigenvalue weighted by Gasteiger charge is 2.40. The van der Waals surface area contributed by atoms with Crippen LogP contribution in [0.4, 0.5) is 5.69 Å². The normalized spacial score (nSPS) is 27.9. The minimum Gasteiger partial charge on any atom is -0.393 e. The first kappa shape index (κ1) is 16.1. The Morgan fingerprint density at radius 1 is 1.38 bits per heavy atom. The number of nitriles is 1. The van der Waals surface area contributed by atoms with Gasteiger partial charge >= 0.3 is 0 Å². The summed E-state index contributed by atoms with van der Waals surface area (Å²) >= 11 is 6.05. The molecule has 0 heterocycles. The maximum atomic E-state index is 10.1. The molecule has 1 aliphatic rings. The second-order valence-corrected chi connectivity index (χ2v) is 7.78. The summed E-state index contributed by atoms with van der Waals surface area (Å²) in [6.45, 7) is 7.43. The zero-order valence-corrected chi connectivity index (χ0v) is 13.7. The highest BCUT2D eigenvalue weighted by molar-refractivity contribution is 6.32. The molecule has 0 saturated heterocycles. The zero-order chi connectivity index (χ0) is 15.7. The molecule has 2 atom stereocenters. The SMILES string of the molecule is CC1(C)CC(O)CC(C)(CNc2ccc(C#N)c(Cl)c2)C1. The van der Waals surface area contributed by atoms with Crippen LogP contribution in [-0.2, 0) is 0 Å². The monoisotopic (exact) mass is 306 g/mol. The van der Waals surface area contributed by atoms with Crippen molar-refractivity contribution in [2.24, 2.45) is 10.8 Å². The molecule has 2 unspecified atom stereocenters. The second-order valence-electron chi connectivity index (χ2n) is 7.37. The van der Waals surface area contributed by atoms with Crippen molar-refractivity contribution in [3.05, 3.63) is 28.8 Å². The van der Waals surface area contributed by atoms with Crippen molar-refractivity contribution in [3.8, 4) is 6.07 Å². The first-order chi connectivity index (χ1) is 9.73. The molecule has 0 radical (unpaired) electrons. The number of nitrogens with one attached hydrogen (secondary N) is 1. The molecular weight excluding hydrogens is 284 g/mol. The van der Waals surface area contributed by atoms with Crippen LogP contribution in [-0.4, -0.2) is 17.8 Å². The van der Waals surface area contributed by atoms with Crippen LogP contribution in [0, 0.1) is 22.2 Å². The minimum absolute atomic E-state index is 0.0571. The Morgan fingerprint density at radius 3 is 2.67 bits per heavy atom. The van der Waals surface area contributed by atoms with Crippen molar-refractivity contribution in [3.63, 3.8) is 0 Å². The van der Waals surface area contributed by atoms with E-state index in [9.17, 15) is 5.11 Å². The van der Waals surface area contributed by atoms with Crippen molar-refractivity contribution in [1.29, 1.82) is 5.26 Å². The van der Waals surface area contributed by atoms with E-state index in [1.807, 2.05) is 6.07 Å². The van der Waals surface area contributed by atoms with E-state index in [1.54, 1.807) is 12.1 Å². The fraction of sp³-hybridized carbons (Fsp3) is 0.588. The van der Waals surface area contributed by atoms with Gasteiger partial charge in [0.05, 0.1) is 16.7 Å². The van der Waals surface area contributed by atoms with Crippen LogP contribution in [0.15, 0.2) is 18.2 Å². The number of nitrogens with zero attached hydrogens (tertiary/aromatic N) is 1. The van der Waals surface area contributed by atoms with Crippen LogP contribution in [0.5, 0.6) is 0 Å². The summed E-state index contributed by atoms with van der Waals surface area (Å²) in [4.78, 5) is 0. The molecule has 0 aromatic heterocycles. The summed E-state index contributed by atoms with van der Waals surface area (Å²) < 4.78 is 0. The first-order valence-electron chi connectivity index (χ1n) is 7.35. The van der Waals surface area contributed by atoms with Gasteiger partial charge in [-0.1, -0.05) is 32.4 Å². The molecule has 2 N–H and O–H groups in total.